The number of fused-ring (bicyclic) bond motifs is 1. The third kappa shape index (κ3) is 5.43. The zero-order valence-electron chi connectivity index (χ0n) is 16.9. The summed E-state index contributed by atoms with van der Waals surface area (Å²) in [6.45, 7) is 5.14. The van der Waals surface area contributed by atoms with Crippen molar-refractivity contribution in [2.45, 2.75) is 33.2 Å². The van der Waals surface area contributed by atoms with E-state index in [0.717, 1.165) is 23.0 Å². The second-order valence-corrected chi connectivity index (χ2v) is 7.58. The molecule has 29 heavy (non-hydrogen) atoms. The quantitative estimate of drug-likeness (QED) is 0.515. The maximum atomic E-state index is 12.6. The minimum Gasteiger partial charge on any atom is -0.396 e. The fourth-order valence-electron chi connectivity index (χ4n) is 3.20. The number of aliphatic hydroxyl groups excluding tert-OH is 1. The Bertz CT molecular complexity index is 1040. The summed E-state index contributed by atoms with van der Waals surface area (Å²) in [5.74, 6) is 0. The van der Waals surface area contributed by atoms with Crippen molar-refractivity contribution < 1.29 is 5.11 Å². The average molecular weight is 410 g/mol. The summed E-state index contributed by atoms with van der Waals surface area (Å²) in [4.78, 5) is 17.5. The number of aromatic nitrogens is 1. The van der Waals surface area contributed by atoms with Gasteiger partial charge < -0.3 is 20.3 Å². The lowest BCUT2D eigenvalue weighted by Gasteiger charge is -2.25. The lowest BCUT2D eigenvalue weighted by molar-refractivity contribution is 0.266. The fourth-order valence-corrected chi connectivity index (χ4v) is 3.47. The number of nitrogens with zero attached hydrogens (tertiary/aromatic N) is 1. The minimum absolute atomic E-state index is 0.0670. The van der Waals surface area contributed by atoms with Gasteiger partial charge in [-0.25, -0.2) is 0 Å². The molecule has 3 N–H and O–H groups in total. The van der Waals surface area contributed by atoms with Gasteiger partial charge in [0, 0.05) is 29.9 Å². The van der Waals surface area contributed by atoms with E-state index in [4.69, 9.17) is 12.2 Å². The molecule has 0 aliphatic rings. The Hall–Kier alpha value is -2.70. The van der Waals surface area contributed by atoms with Gasteiger partial charge in [0.1, 0.15) is 0 Å². The van der Waals surface area contributed by atoms with Gasteiger partial charge in [-0.2, -0.15) is 0 Å². The number of anilines is 1. The topological polar surface area (TPSA) is 68.4 Å². The van der Waals surface area contributed by atoms with E-state index in [2.05, 4.69) is 23.3 Å². The molecule has 2 aromatic carbocycles. The van der Waals surface area contributed by atoms with Crippen LogP contribution in [0.3, 0.4) is 0 Å². The molecular formula is C23H27N3O2S. The summed E-state index contributed by atoms with van der Waals surface area (Å²) in [7, 11) is 0. The molecule has 0 unspecified atom stereocenters. The molecule has 1 heterocycles. The highest BCUT2D eigenvalue weighted by Crippen LogP contribution is 2.16. The largest absolute Gasteiger partial charge is 0.396 e. The van der Waals surface area contributed by atoms with Crippen LogP contribution in [0.15, 0.2) is 53.3 Å². The predicted octanol–water partition coefficient (Wildman–Crippen LogP) is 3.98. The zero-order chi connectivity index (χ0) is 20.8. The number of H-pyrrole nitrogens is 1. The van der Waals surface area contributed by atoms with Crippen LogP contribution in [-0.4, -0.2) is 33.3 Å². The molecule has 6 heteroatoms. The number of thiocarbonyl (C=S) groups is 1. The normalized spacial score (nSPS) is 10.9. The molecule has 0 fully saturated rings. The SMILES string of the molecule is CCc1ccc2[nH]c(=O)c(CN(CCCO)C(=S)Nc3ccc(C)cc3)cc2c1. The minimum atomic E-state index is -0.117. The third-order valence-electron chi connectivity index (χ3n) is 4.93. The van der Waals surface area contributed by atoms with Crippen molar-refractivity contribution in [2.75, 3.05) is 18.5 Å². The van der Waals surface area contributed by atoms with Gasteiger partial charge in [0.25, 0.3) is 5.56 Å². The van der Waals surface area contributed by atoms with Crippen molar-refractivity contribution in [1.29, 1.82) is 0 Å². The molecule has 0 aliphatic carbocycles. The molecule has 0 spiro atoms. The van der Waals surface area contributed by atoms with Crippen LogP contribution in [0.25, 0.3) is 10.9 Å². The van der Waals surface area contributed by atoms with Gasteiger partial charge in [-0.3, -0.25) is 4.79 Å². The van der Waals surface area contributed by atoms with E-state index in [1.54, 1.807) is 0 Å². The van der Waals surface area contributed by atoms with Gasteiger partial charge in [-0.05, 0) is 73.3 Å². The Labute approximate surface area is 176 Å². The molecule has 1 aromatic heterocycles. The van der Waals surface area contributed by atoms with Crippen molar-refractivity contribution in [2.24, 2.45) is 0 Å². The molecule has 152 valence electrons. The number of nitrogens with one attached hydrogen (secondary N) is 2. The average Bonchev–Trinajstić information content (AvgIpc) is 2.72. The number of benzene rings is 2. The first-order valence-corrected chi connectivity index (χ1v) is 10.3. The molecule has 0 bridgehead atoms. The van der Waals surface area contributed by atoms with Crippen molar-refractivity contribution in [3.8, 4) is 0 Å². The molecule has 0 saturated carbocycles. The number of aliphatic hydroxyl groups is 1. The van der Waals surface area contributed by atoms with Crippen LogP contribution in [0.2, 0.25) is 0 Å². The van der Waals surface area contributed by atoms with E-state index >= 15 is 0 Å². The first-order chi connectivity index (χ1) is 14.0. The lowest BCUT2D eigenvalue weighted by atomic mass is 10.1. The number of hydrogen-bond acceptors (Lipinski definition) is 3. The van der Waals surface area contributed by atoms with Crippen molar-refractivity contribution in [3.63, 3.8) is 0 Å². The molecule has 0 aliphatic heterocycles. The fraction of sp³-hybridized carbons (Fsp3) is 0.304. The van der Waals surface area contributed by atoms with E-state index in [-0.39, 0.29) is 12.2 Å². The van der Waals surface area contributed by atoms with Gasteiger partial charge in [-0.15, -0.1) is 0 Å². The number of aromatic amines is 1. The molecule has 3 aromatic rings. The highest BCUT2D eigenvalue weighted by molar-refractivity contribution is 7.80. The Kier molecular flexibility index (Phi) is 7.01. The van der Waals surface area contributed by atoms with E-state index in [1.807, 2.05) is 54.3 Å². The highest BCUT2D eigenvalue weighted by Gasteiger charge is 2.13. The van der Waals surface area contributed by atoms with E-state index in [0.29, 0.717) is 30.2 Å². The van der Waals surface area contributed by atoms with Crippen LogP contribution in [0, 0.1) is 6.92 Å². The maximum Gasteiger partial charge on any atom is 0.253 e. The summed E-state index contributed by atoms with van der Waals surface area (Å²) in [5, 5.41) is 14.1. The lowest BCUT2D eigenvalue weighted by Crippen LogP contribution is -2.37. The summed E-state index contributed by atoms with van der Waals surface area (Å²) in [5.41, 5.74) is 4.66. The highest BCUT2D eigenvalue weighted by atomic mass is 32.1. The standard InChI is InChI=1S/C23H27N3O2S/c1-3-17-7-10-21-18(13-17)14-19(22(28)25-21)15-26(11-4-12-27)23(29)24-20-8-5-16(2)6-9-20/h5-10,13-14,27H,3-4,11-12,15H2,1-2H3,(H,24,29)(H,25,28). The van der Waals surface area contributed by atoms with Gasteiger partial charge in [0.15, 0.2) is 5.11 Å². The maximum absolute atomic E-state index is 12.6. The van der Waals surface area contributed by atoms with Gasteiger partial charge >= 0.3 is 0 Å². The number of aryl methyl sites for hydroxylation is 2. The summed E-state index contributed by atoms with van der Waals surface area (Å²) < 4.78 is 0. The van der Waals surface area contributed by atoms with Gasteiger partial charge in [-0.1, -0.05) is 30.7 Å². The van der Waals surface area contributed by atoms with Crippen LogP contribution in [0.1, 0.15) is 30.0 Å². The van der Waals surface area contributed by atoms with Crippen LogP contribution < -0.4 is 10.9 Å². The predicted molar refractivity (Wildman–Crippen MR) is 123 cm³/mol. The Morgan fingerprint density at radius 2 is 1.93 bits per heavy atom. The summed E-state index contributed by atoms with van der Waals surface area (Å²) in [6.07, 6.45) is 1.51. The van der Waals surface area contributed by atoms with Crippen LogP contribution >= 0.6 is 12.2 Å². The van der Waals surface area contributed by atoms with Gasteiger partial charge in [0.2, 0.25) is 0 Å². The Morgan fingerprint density at radius 3 is 2.62 bits per heavy atom. The molecule has 5 nitrogen and oxygen atoms in total. The number of hydrogen-bond donors (Lipinski definition) is 3. The van der Waals surface area contributed by atoms with Gasteiger partial charge in [0.05, 0.1) is 6.54 Å². The monoisotopic (exact) mass is 409 g/mol. The smallest absolute Gasteiger partial charge is 0.253 e. The Morgan fingerprint density at radius 1 is 1.17 bits per heavy atom. The molecule has 0 saturated heterocycles. The number of pyridine rings is 1. The second kappa shape index (κ2) is 9.67. The molecule has 0 atom stereocenters. The molecular weight excluding hydrogens is 382 g/mol. The third-order valence-corrected chi connectivity index (χ3v) is 5.29. The van der Waals surface area contributed by atoms with Crippen molar-refractivity contribution in [1.82, 2.24) is 9.88 Å². The molecule has 0 radical (unpaired) electrons. The first-order valence-electron chi connectivity index (χ1n) is 9.88. The number of rotatable bonds is 7. The zero-order valence-corrected chi connectivity index (χ0v) is 17.7. The summed E-state index contributed by atoms with van der Waals surface area (Å²) >= 11 is 5.60. The van der Waals surface area contributed by atoms with Crippen LogP contribution in [0.4, 0.5) is 5.69 Å². The van der Waals surface area contributed by atoms with E-state index in [1.165, 1.54) is 11.1 Å². The summed E-state index contributed by atoms with van der Waals surface area (Å²) in [6, 6.07) is 16.0. The van der Waals surface area contributed by atoms with Crippen LogP contribution in [0.5, 0.6) is 0 Å². The van der Waals surface area contributed by atoms with Crippen LogP contribution in [-0.2, 0) is 13.0 Å². The van der Waals surface area contributed by atoms with Crippen molar-refractivity contribution in [3.05, 3.63) is 75.6 Å². The molecule has 3 rings (SSSR count). The first kappa shape index (κ1) is 21.0. The van der Waals surface area contributed by atoms with E-state index in [9.17, 15) is 9.90 Å². The van der Waals surface area contributed by atoms with E-state index < -0.39 is 0 Å². The molecule has 0 amide bonds. The Balaban J connectivity index is 1.85. The second-order valence-electron chi connectivity index (χ2n) is 7.19. The van der Waals surface area contributed by atoms with Crippen molar-refractivity contribution >= 4 is 33.9 Å².